The van der Waals surface area contributed by atoms with Crippen LogP contribution in [-0.2, 0) is 0 Å². The van der Waals surface area contributed by atoms with E-state index in [9.17, 15) is 0 Å². The summed E-state index contributed by atoms with van der Waals surface area (Å²) in [4.78, 5) is 2.66. The first kappa shape index (κ1) is 14.3. The molecule has 2 fully saturated rings. The van der Waals surface area contributed by atoms with Crippen molar-refractivity contribution >= 4 is 0 Å². The van der Waals surface area contributed by atoms with Crippen molar-refractivity contribution in [2.45, 2.75) is 77.3 Å². The summed E-state index contributed by atoms with van der Waals surface area (Å²) in [5.41, 5.74) is 0.500. The lowest BCUT2D eigenvalue weighted by Crippen LogP contribution is -2.45. The van der Waals surface area contributed by atoms with E-state index in [2.05, 4.69) is 31.1 Å². The first-order chi connectivity index (χ1) is 8.69. The molecule has 2 aliphatic rings. The third kappa shape index (κ3) is 3.71. The van der Waals surface area contributed by atoms with Crippen LogP contribution >= 0.6 is 0 Å². The molecule has 2 saturated carbocycles. The summed E-state index contributed by atoms with van der Waals surface area (Å²) in [7, 11) is 2.35. The maximum Gasteiger partial charge on any atom is 0.00924 e. The van der Waals surface area contributed by atoms with Crippen molar-refractivity contribution in [1.29, 1.82) is 0 Å². The van der Waals surface area contributed by atoms with Gasteiger partial charge in [-0.15, -0.1) is 0 Å². The summed E-state index contributed by atoms with van der Waals surface area (Å²) >= 11 is 0. The smallest absolute Gasteiger partial charge is 0.00924 e. The van der Waals surface area contributed by atoms with Gasteiger partial charge < -0.3 is 10.2 Å². The number of hydrogen-bond acceptors (Lipinski definition) is 2. The van der Waals surface area contributed by atoms with E-state index in [0.29, 0.717) is 5.41 Å². The second kappa shape index (κ2) is 6.38. The standard InChI is InChI=1S/C16H32N2/c1-4-16(5-2,12-17-14-10-11-14)13-18(3)15-8-6-7-9-15/h14-15,17H,4-13H2,1-3H3. The van der Waals surface area contributed by atoms with E-state index in [1.807, 2.05) is 0 Å². The molecule has 0 aliphatic heterocycles. The molecule has 0 heterocycles. The van der Waals surface area contributed by atoms with Crippen LogP contribution < -0.4 is 5.32 Å². The lowest BCUT2D eigenvalue weighted by atomic mass is 9.81. The molecule has 0 aromatic rings. The zero-order valence-corrected chi connectivity index (χ0v) is 12.7. The molecule has 0 bridgehead atoms. The van der Waals surface area contributed by atoms with Crippen LogP contribution in [0.4, 0.5) is 0 Å². The molecular weight excluding hydrogens is 220 g/mol. The number of nitrogens with one attached hydrogen (secondary N) is 1. The maximum atomic E-state index is 3.77. The largest absolute Gasteiger partial charge is 0.313 e. The Hall–Kier alpha value is -0.0800. The van der Waals surface area contributed by atoms with E-state index in [1.54, 1.807) is 0 Å². The number of rotatable bonds is 8. The Balaban J connectivity index is 1.85. The Morgan fingerprint density at radius 2 is 1.67 bits per heavy atom. The van der Waals surface area contributed by atoms with Crippen molar-refractivity contribution in [3.63, 3.8) is 0 Å². The van der Waals surface area contributed by atoms with Crippen LogP contribution in [0.1, 0.15) is 65.2 Å². The Labute approximate surface area is 114 Å². The zero-order valence-electron chi connectivity index (χ0n) is 12.7. The van der Waals surface area contributed by atoms with Crippen LogP contribution in [0.25, 0.3) is 0 Å². The minimum Gasteiger partial charge on any atom is -0.313 e. The van der Waals surface area contributed by atoms with Gasteiger partial charge in [-0.2, -0.15) is 0 Å². The molecule has 2 nitrogen and oxygen atoms in total. The Bertz CT molecular complexity index is 237. The number of hydrogen-bond donors (Lipinski definition) is 1. The van der Waals surface area contributed by atoms with E-state index in [-0.39, 0.29) is 0 Å². The first-order valence-electron chi connectivity index (χ1n) is 8.13. The Morgan fingerprint density at radius 1 is 1.06 bits per heavy atom. The Morgan fingerprint density at radius 3 is 2.17 bits per heavy atom. The van der Waals surface area contributed by atoms with E-state index >= 15 is 0 Å². The lowest BCUT2D eigenvalue weighted by Gasteiger charge is -2.38. The van der Waals surface area contributed by atoms with Crippen molar-refractivity contribution in [3.8, 4) is 0 Å². The molecule has 0 radical (unpaired) electrons. The molecular formula is C16H32N2. The van der Waals surface area contributed by atoms with Gasteiger partial charge in [0.25, 0.3) is 0 Å². The molecule has 0 spiro atoms. The van der Waals surface area contributed by atoms with Crippen LogP contribution in [0.5, 0.6) is 0 Å². The van der Waals surface area contributed by atoms with Crippen molar-refractivity contribution in [2.24, 2.45) is 5.41 Å². The summed E-state index contributed by atoms with van der Waals surface area (Å²) in [5.74, 6) is 0. The van der Waals surface area contributed by atoms with Gasteiger partial charge >= 0.3 is 0 Å². The predicted octanol–water partition coefficient (Wildman–Crippen LogP) is 3.42. The fourth-order valence-electron chi connectivity index (χ4n) is 3.43. The van der Waals surface area contributed by atoms with Gasteiger partial charge in [-0.25, -0.2) is 0 Å². The summed E-state index contributed by atoms with van der Waals surface area (Å²) in [6.07, 6.45) is 11.2. The molecule has 2 aliphatic carbocycles. The number of nitrogens with zero attached hydrogens (tertiary/aromatic N) is 1. The van der Waals surface area contributed by atoms with Crippen LogP contribution in [0.2, 0.25) is 0 Å². The van der Waals surface area contributed by atoms with Crippen LogP contribution in [-0.4, -0.2) is 37.1 Å². The minimum atomic E-state index is 0.500. The molecule has 0 unspecified atom stereocenters. The van der Waals surface area contributed by atoms with Crippen molar-refractivity contribution < 1.29 is 0 Å². The summed E-state index contributed by atoms with van der Waals surface area (Å²) < 4.78 is 0. The molecule has 0 amide bonds. The molecule has 0 aromatic heterocycles. The SMILES string of the molecule is CCC(CC)(CNC1CC1)CN(C)C1CCCC1. The van der Waals surface area contributed by atoms with Gasteiger partial charge in [0.05, 0.1) is 0 Å². The molecule has 0 atom stereocenters. The van der Waals surface area contributed by atoms with E-state index < -0.39 is 0 Å². The van der Waals surface area contributed by atoms with Gasteiger partial charge in [-0.3, -0.25) is 0 Å². The first-order valence-corrected chi connectivity index (χ1v) is 8.13. The second-order valence-electron chi connectivity index (χ2n) is 6.72. The van der Waals surface area contributed by atoms with Crippen LogP contribution in [0.15, 0.2) is 0 Å². The highest BCUT2D eigenvalue weighted by atomic mass is 15.1. The molecule has 18 heavy (non-hydrogen) atoms. The monoisotopic (exact) mass is 252 g/mol. The molecule has 1 N–H and O–H groups in total. The fraction of sp³-hybridized carbons (Fsp3) is 1.00. The molecule has 106 valence electrons. The van der Waals surface area contributed by atoms with Crippen LogP contribution in [0, 0.1) is 5.41 Å². The van der Waals surface area contributed by atoms with Gasteiger partial charge in [-0.05, 0) is 51.0 Å². The second-order valence-corrected chi connectivity index (χ2v) is 6.72. The third-order valence-corrected chi connectivity index (χ3v) is 5.38. The lowest BCUT2D eigenvalue weighted by molar-refractivity contribution is 0.122. The van der Waals surface area contributed by atoms with E-state index in [0.717, 1.165) is 12.1 Å². The summed E-state index contributed by atoms with van der Waals surface area (Å²) in [6.45, 7) is 7.26. The average Bonchev–Trinajstić information content (AvgIpc) is 3.06. The van der Waals surface area contributed by atoms with Gasteiger partial charge in [0.2, 0.25) is 0 Å². The van der Waals surface area contributed by atoms with E-state index in [4.69, 9.17) is 0 Å². The molecule has 2 heteroatoms. The third-order valence-electron chi connectivity index (χ3n) is 5.38. The zero-order chi connectivity index (χ0) is 13.0. The Kier molecular flexibility index (Phi) is 5.08. The topological polar surface area (TPSA) is 15.3 Å². The van der Waals surface area contributed by atoms with Gasteiger partial charge in [0, 0.05) is 25.2 Å². The maximum absolute atomic E-state index is 3.77. The predicted molar refractivity (Wildman–Crippen MR) is 78.9 cm³/mol. The minimum absolute atomic E-state index is 0.500. The quantitative estimate of drug-likeness (QED) is 0.712. The average molecular weight is 252 g/mol. The summed E-state index contributed by atoms with van der Waals surface area (Å²) in [6, 6.07) is 1.71. The summed E-state index contributed by atoms with van der Waals surface area (Å²) in [5, 5.41) is 3.77. The van der Waals surface area contributed by atoms with Crippen LogP contribution in [0.3, 0.4) is 0 Å². The van der Waals surface area contributed by atoms with Crippen molar-refractivity contribution in [1.82, 2.24) is 10.2 Å². The highest BCUT2D eigenvalue weighted by Gasteiger charge is 2.32. The highest BCUT2D eigenvalue weighted by molar-refractivity contribution is 4.89. The normalized spacial score (nSPS) is 22.0. The van der Waals surface area contributed by atoms with Crippen molar-refractivity contribution in [3.05, 3.63) is 0 Å². The molecule has 0 aromatic carbocycles. The van der Waals surface area contributed by atoms with Gasteiger partial charge in [-0.1, -0.05) is 26.7 Å². The molecule has 0 saturated heterocycles. The fourth-order valence-corrected chi connectivity index (χ4v) is 3.43. The highest BCUT2D eigenvalue weighted by Crippen LogP contribution is 2.31. The molecule has 2 rings (SSSR count). The van der Waals surface area contributed by atoms with E-state index in [1.165, 1.54) is 64.5 Å². The van der Waals surface area contributed by atoms with Crippen molar-refractivity contribution in [2.75, 3.05) is 20.1 Å². The van der Waals surface area contributed by atoms with Gasteiger partial charge in [0.15, 0.2) is 0 Å². The van der Waals surface area contributed by atoms with Gasteiger partial charge in [0.1, 0.15) is 0 Å².